The number of aromatic nitrogens is 1. The second kappa shape index (κ2) is 2.89. The SMILES string of the molecule is Cc1cc2cccc(O)c2c(Cl)n1. The van der Waals surface area contributed by atoms with Gasteiger partial charge in [0.05, 0.1) is 5.39 Å². The van der Waals surface area contributed by atoms with Gasteiger partial charge in [-0.2, -0.15) is 0 Å². The average Bonchev–Trinajstić information content (AvgIpc) is 2.02. The molecule has 13 heavy (non-hydrogen) atoms. The van der Waals surface area contributed by atoms with E-state index in [9.17, 15) is 5.11 Å². The Hall–Kier alpha value is -1.28. The highest BCUT2D eigenvalue weighted by molar-refractivity contribution is 6.34. The number of phenolic OH excluding ortho intramolecular Hbond substituents is 1. The lowest BCUT2D eigenvalue weighted by molar-refractivity contribution is 0.481. The molecule has 0 spiro atoms. The Morgan fingerprint density at radius 2 is 2.15 bits per heavy atom. The number of pyridine rings is 1. The summed E-state index contributed by atoms with van der Waals surface area (Å²) in [7, 11) is 0. The fraction of sp³-hybridized carbons (Fsp3) is 0.100. The van der Waals surface area contributed by atoms with Crippen LogP contribution < -0.4 is 0 Å². The fourth-order valence-electron chi connectivity index (χ4n) is 1.37. The van der Waals surface area contributed by atoms with Gasteiger partial charge in [-0.1, -0.05) is 23.7 Å². The van der Waals surface area contributed by atoms with Gasteiger partial charge in [-0.25, -0.2) is 4.98 Å². The smallest absolute Gasteiger partial charge is 0.140 e. The lowest BCUT2D eigenvalue weighted by atomic mass is 10.1. The van der Waals surface area contributed by atoms with Gasteiger partial charge in [-0.15, -0.1) is 0 Å². The van der Waals surface area contributed by atoms with Gasteiger partial charge in [0.1, 0.15) is 10.9 Å². The predicted molar refractivity (Wildman–Crippen MR) is 53.2 cm³/mol. The quantitative estimate of drug-likeness (QED) is 0.653. The second-order valence-electron chi connectivity index (χ2n) is 2.93. The van der Waals surface area contributed by atoms with Crippen molar-refractivity contribution in [3.05, 3.63) is 35.1 Å². The Balaban J connectivity index is 2.94. The number of halogens is 1. The molecule has 0 unspecified atom stereocenters. The molecule has 66 valence electrons. The molecule has 1 aromatic heterocycles. The van der Waals surface area contributed by atoms with Gasteiger partial charge in [0.25, 0.3) is 0 Å². The number of aromatic hydroxyl groups is 1. The summed E-state index contributed by atoms with van der Waals surface area (Å²) >= 11 is 5.90. The van der Waals surface area contributed by atoms with E-state index in [1.807, 2.05) is 19.1 Å². The maximum absolute atomic E-state index is 9.52. The summed E-state index contributed by atoms with van der Waals surface area (Å²) in [6.45, 7) is 1.87. The molecule has 2 rings (SSSR count). The highest BCUT2D eigenvalue weighted by Crippen LogP contribution is 2.30. The van der Waals surface area contributed by atoms with E-state index in [4.69, 9.17) is 11.6 Å². The van der Waals surface area contributed by atoms with Crippen LogP contribution in [0.3, 0.4) is 0 Å². The van der Waals surface area contributed by atoms with Crippen molar-refractivity contribution in [1.29, 1.82) is 0 Å². The number of aryl methyl sites for hydroxylation is 1. The molecule has 0 bridgehead atoms. The normalized spacial score (nSPS) is 10.6. The Morgan fingerprint density at radius 3 is 2.92 bits per heavy atom. The van der Waals surface area contributed by atoms with Gasteiger partial charge in [0.15, 0.2) is 0 Å². The minimum absolute atomic E-state index is 0.176. The first kappa shape index (κ1) is 8.32. The molecule has 1 N–H and O–H groups in total. The summed E-state index contributed by atoms with van der Waals surface area (Å²) in [5.74, 6) is 0.176. The van der Waals surface area contributed by atoms with E-state index in [0.717, 1.165) is 11.1 Å². The van der Waals surface area contributed by atoms with E-state index in [0.29, 0.717) is 10.5 Å². The Kier molecular flexibility index (Phi) is 1.85. The third-order valence-electron chi connectivity index (χ3n) is 1.92. The molecule has 0 saturated carbocycles. The van der Waals surface area contributed by atoms with Crippen molar-refractivity contribution in [2.75, 3.05) is 0 Å². The van der Waals surface area contributed by atoms with Gasteiger partial charge < -0.3 is 5.11 Å². The molecule has 0 atom stereocenters. The van der Waals surface area contributed by atoms with E-state index in [-0.39, 0.29) is 5.75 Å². The highest BCUT2D eigenvalue weighted by Gasteiger charge is 2.05. The van der Waals surface area contributed by atoms with Crippen LogP contribution in [0.15, 0.2) is 24.3 Å². The molecule has 2 nitrogen and oxygen atoms in total. The summed E-state index contributed by atoms with van der Waals surface area (Å²) in [5.41, 5.74) is 0.850. The monoisotopic (exact) mass is 193 g/mol. The van der Waals surface area contributed by atoms with Gasteiger partial charge in [-0.05, 0) is 24.4 Å². The summed E-state index contributed by atoms with van der Waals surface area (Å²) in [5, 5.41) is 11.4. The van der Waals surface area contributed by atoms with Crippen LogP contribution in [-0.4, -0.2) is 10.1 Å². The molecule has 0 fully saturated rings. The molecule has 1 aromatic carbocycles. The van der Waals surface area contributed by atoms with Crippen LogP contribution >= 0.6 is 11.6 Å². The number of hydrogen-bond donors (Lipinski definition) is 1. The van der Waals surface area contributed by atoms with E-state index < -0.39 is 0 Å². The minimum Gasteiger partial charge on any atom is -0.507 e. The van der Waals surface area contributed by atoms with Crippen LogP contribution in [0.5, 0.6) is 5.75 Å². The van der Waals surface area contributed by atoms with Crippen LogP contribution in [0.2, 0.25) is 5.15 Å². The molecule has 0 aliphatic rings. The Morgan fingerprint density at radius 1 is 1.38 bits per heavy atom. The van der Waals surface area contributed by atoms with Crippen LogP contribution in [0.1, 0.15) is 5.69 Å². The van der Waals surface area contributed by atoms with Crippen LogP contribution in [-0.2, 0) is 0 Å². The second-order valence-corrected chi connectivity index (χ2v) is 3.29. The molecular formula is C10H8ClNO. The highest BCUT2D eigenvalue weighted by atomic mass is 35.5. The zero-order valence-electron chi connectivity index (χ0n) is 7.08. The van der Waals surface area contributed by atoms with Crippen molar-refractivity contribution in [3.8, 4) is 5.75 Å². The number of benzene rings is 1. The van der Waals surface area contributed by atoms with Crippen LogP contribution in [0.25, 0.3) is 10.8 Å². The standard InChI is InChI=1S/C10H8ClNO/c1-6-5-7-3-2-4-8(13)9(7)10(11)12-6/h2-5,13H,1H3. The van der Waals surface area contributed by atoms with Gasteiger partial charge >= 0.3 is 0 Å². The summed E-state index contributed by atoms with van der Waals surface area (Å²) < 4.78 is 0. The number of nitrogens with zero attached hydrogens (tertiary/aromatic N) is 1. The molecule has 0 aliphatic heterocycles. The zero-order valence-corrected chi connectivity index (χ0v) is 7.84. The molecule has 0 radical (unpaired) electrons. The maximum atomic E-state index is 9.52. The Bertz CT molecular complexity index is 468. The van der Waals surface area contributed by atoms with E-state index in [2.05, 4.69) is 4.98 Å². The van der Waals surface area contributed by atoms with E-state index in [1.165, 1.54) is 0 Å². The first-order chi connectivity index (χ1) is 6.18. The van der Waals surface area contributed by atoms with Crippen molar-refractivity contribution in [2.45, 2.75) is 6.92 Å². The first-order valence-corrected chi connectivity index (χ1v) is 4.31. The van der Waals surface area contributed by atoms with Crippen molar-refractivity contribution >= 4 is 22.4 Å². The Labute approximate surface area is 80.8 Å². The summed E-state index contributed by atoms with van der Waals surface area (Å²) in [6.07, 6.45) is 0. The fourth-order valence-corrected chi connectivity index (χ4v) is 1.71. The largest absolute Gasteiger partial charge is 0.507 e. The summed E-state index contributed by atoms with van der Waals surface area (Å²) in [4.78, 5) is 4.07. The number of rotatable bonds is 0. The van der Waals surface area contributed by atoms with Gasteiger partial charge in [0, 0.05) is 5.69 Å². The topological polar surface area (TPSA) is 33.1 Å². The van der Waals surface area contributed by atoms with Crippen molar-refractivity contribution in [2.24, 2.45) is 0 Å². The lowest BCUT2D eigenvalue weighted by Gasteiger charge is -2.03. The van der Waals surface area contributed by atoms with Gasteiger partial charge in [0.2, 0.25) is 0 Å². The van der Waals surface area contributed by atoms with Gasteiger partial charge in [-0.3, -0.25) is 0 Å². The third kappa shape index (κ3) is 1.33. The molecular weight excluding hydrogens is 186 g/mol. The maximum Gasteiger partial charge on any atom is 0.140 e. The molecule has 0 amide bonds. The number of fused-ring (bicyclic) bond motifs is 1. The molecule has 0 saturated heterocycles. The summed E-state index contributed by atoms with van der Waals surface area (Å²) in [6, 6.07) is 7.18. The minimum atomic E-state index is 0.176. The third-order valence-corrected chi connectivity index (χ3v) is 2.19. The molecule has 0 aliphatic carbocycles. The van der Waals surface area contributed by atoms with Crippen LogP contribution in [0.4, 0.5) is 0 Å². The number of hydrogen-bond acceptors (Lipinski definition) is 2. The van der Waals surface area contributed by atoms with E-state index in [1.54, 1.807) is 12.1 Å². The van der Waals surface area contributed by atoms with Crippen molar-refractivity contribution in [3.63, 3.8) is 0 Å². The lowest BCUT2D eigenvalue weighted by Crippen LogP contribution is -1.84. The predicted octanol–water partition coefficient (Wildman–Crippen LogP) is 2.90. The van der Waals surface area contributed by atoms with Crippen LogP contribution in [0, 0.1) is 6.92 Å². The van der Waals surface area contributed by atoms with Crippen molar-refractivity contribution < 1.29 is 5.11 Å². The number of phenols is 1. The zero-order chi connectivity index (χ0) is 9.42. The molecule has 2 aromatic rings. The van der Waals surface area contributed by atoms with Crippen molar-refractivity contribution in [1.82, 2.24) is 4.98 Å². The first-order valence-electron chi connectivity index (χ1n) is 3.93. The average molecular weight is 194 g/mol. The molecule has 1 heterocycles. The molecule has 3 heteroatoms. The van der Waals surface area contributed by atoms with E-state index >= 15 is 0 Å².